The fourth-order valence-electron chi connectivity index (χ4n) is 0.765. The fraction of sp³-hybridized carbons (Fsp3) is 0.286. The minimum Gasteiger partial charge on any atom is -0.229 e. The molecular weight excluding hydrogens is 236 g/mol. The quantitative estimate of drug-likeness (QED) is 0.730. The van der Waals surface area contributed by atoms with Gasteiger partial charge in [-0.25, -0.2) is 13.6 Å². The molecule has 0 spiro atoms. The number of rotatable bonds is 4. The summed E-state index contributed by atoms with van der Waals surface area (Å²) in [5, 5.41) is 21.3. The van der Waals surface area contributed by atoms with Gasteiger partial charge in [0.1, 0.15) is 11.1 Å². The predicted molar refractivity (Wildman–Crippen MR) is 55.4 cm³/mol. The topological polar surface area (TPSA) is 110 Å². The van der Waals surface area contributed by atoms with Crippen molar-refractivity contribution in [2.45, 2.75) is 5.03 Å². The second-order valence-corrected chi connectivity index (χ2v) is 5.39. The second-order valence-electron chi connectivity index (χ2n) is 2.58. The van der Waals surface area contributed by atoms with Crippen LogP contribution in [0.15, 0.2) is 17.3 Å². The molecule has 6 nitrogen and oxygen atoms in total. The van der Waals surface area contributed by atoms with Crippen molar-refractivity contribution in [3.63, 3.8) is 0 Å². The summed E-state index contributed by atoms with van der Waals surface area (Å²) in [4.78, 5) is 0. The highest BCUT2D eigenvalue weighted by Gasteiger charge is 2.07. The number of primary sulfonamides is 1. The first-order valence-corrected chi connectivity index (χ1v) is 6.58. The minimum absolute atomic E-state index is 0.154. The smallest absolute Gasteiger partial charge is 0.209 e. The predicted octanol–water partition coefficient (Wildman–Crippen LogP) is -0.271. The Kier molecular flexibility index (Phi) is 4.02. The summed E-state index contributed by atoms with van der Waals surface area (Å²) in [7, 11) is -3.47. The normalized spacial score (nSPS) is 10.9. The zero-order valence-electron chi connectivity index (χ0n) is 7.62. The van der Waals surface area contributed by atoms with E-state index in [4.69, 9.17) is 10.4 Å². The Balaban J connectivity index is 2.63. The number of nitriles is 1. The highest BCUT2D eigenvalue weighted by Crippen LogP contribution is 2.17. The molecule has 1 rings (SSSR count). The van der Waals surface area contributed by atoms with Crippen LogP contribution in [0.4, 0.5) is 0 Å². The molecule has 0 atom stereocenters. The molecule has 1 aromatic heterocycles. The van der Waals surface area contributed by atoms with Crippen LogP contribution < -0.4 is 5.14 Å². The van der Waals surface area contributed by atoms with E-state index in [0.717, 1.165) is 11.8 Å². The van der Waals surface area contributed by atoms with Gasteiger partial charge in [-0.1, -0.05) is 0 Å². The molecule has 15 heavy (non-hydrogen) atoms. The van der Waals surface area contributed by atoms with Crippen LogP contribution in [0.3, 0.4) is 0 Å². The van der Waals surface area contributed by atoms with Gasteiger partial charge in [-0.3, -0.25) is 0 Å². The molecule has 0 radical (unpaired) electrons. The zero-order chi connectivity index (χ0) is 11.3. The average molecular weight is 244 g/mol. The van der Waals surface area contributed by atoms with Crippen molar-refractivity contribution >= 4 is 21.8 Å². The Morgan fingerprint density at radius 2 is 2.33 bits per heavy atom. The van der Waals surface area contributed by atoms with Crippen LogP contribution in [0.5, 0.6) is 0 Å². The monoisotopic (exact) mass is 244 g/mol. The summed E-state index contributed by atoms with van der Waals surface area (Å²) in [6.45, 7) is 0. The van der Waals surface area contributed by atoms with E-state index >= 15 is 0 Å². The Morgan fingerprint density at radius 3 is 2.93 bits per heavy atom. The summed E-state index contributed by atoms with van der Waals surface area (Å²) < 4.78 is 21.3. The zero-order valence-corrected chi connectivity index (χ0v) is 9.25. The molecule has 80 valence electrons. The van der Waals surface area contributed by atoms with Crippen molar-refractivity contribution in [1.29, 1.82) is 5.26 Å². The molecule has 0 saturated carbocycles. The third kappa shape index (κ3) is 4.24. The maximum absolute atomic E-state index is 10.6. The van der Waals surface area contributed by atoms with Crippen molar-refractivity contribution in [3.05, 3.63) is 17.8 Å². The maximum atomic E-state index is 10.6. The molecule has 8 heteroatoms. The van der Waals surface area contributed by atoms with Crippen LogP contribution in [-0.2, 0) is 10.0 Å². The Morgan fingerprint density at radius 1 is 1.60 bits per heavy atom. The Bertz CT molecular complexity index is 480. The lowest BCUT2D eigenvalue weighted by Crippen LogP contribution is -2.17. The standard InChI is InChI=1S/C7H8N4O2S2/c8-5-6-1-2-10-11-7(6)14-3-4-15(9,12)13/h1-2H,3-4H2,(H2,9,12,13). The molecule has 1 aromatic rings. The van der Waals surface area contributed by atoms with E-state index in [9.17, 15) is 8.42 Å². The van der Waals surface area contributed by atoms with Gasteiger partial charge in [0, 0.05) is 5.75 Å². The van der Waals surface area contributed by atoms with E-state index in [2.05, 4.69) is 10.2 Å². The summed E-state index contributed by atoms with van der Waals surface area (Å²) >= 11 is 1.14. The summed E-state index contributed by atoms with van der Waals surface area (Å²) in [5.41, 5.74) is 0.379. The highest BCUT2D eigenvalue weighted by molar-refractivity contribution is 8.00. The van der Waals surface area contributed by atoms with Crippen LogP contribution in [0, 0.1) is 11.3 Å². The van der Waals surface area contributed by atoms with Crippen LogP contribution >= 0.6 is 11.8 Å². The van der Waals surface area contributed by atoms with Gasteiger partial charge in [-0.2, -0.15) is 10.4 Å². The molecule has 0 unspecified atom stereocenters. The summed E-state index contributed by atoms with van der Waals surface area (Å²) in [6.07, 6.45) is 1.41. The number of hydrogen-bond donors (Lipinski definition) is 1. The first-order chi connectivity index (χ1) is 7.03. The van der Waals surface area contributed by atoms with Gasteiger partial charge < -0.3 is 0 Å². The lowest BCUT2D eigenvalue weighted by molar-refractivity contribution is 0.599. The van der Waals surface area contributed by atoms with E-state index < -0.39 is 10.0 Å². The molecule has 0 aromatic carbocycles. The molecule has 0 aliphatic rings. The molecule has 0 aliphatic carbocycles. The molecule has 0 amide bonds. The molecule has 0 aliphatic heterocycles. The van der Waals surface area contributed by atoms with Crippen molar-refractivity contribution in [2.75, 3.05) is 11.5 Å². The van der Waals surface area contributed by atoms with Gasteiger partial charge >= 0.3 is 0 Å². The molecule has 0 bridgehead atoms. The molecule has 0 saturated heterocycles. The van der Waals surface area contributed by atoms with Gasteiger partial charge in [0.2, 0.25) is 10.0 Å². The Hall–Kier alpha value is -1.17. The van der Waals surface area contributed by atoms with E-state index in [1.807, 2.05) is 6.07 Å². The van der Waals surface area contributed by atoms with E-state index in [-0.39, 0.29) is 11.5 Å². The van der Waals surface area contributed by atoms with Crippen LogP contribution in [-0.4, -0.2) is 30.1 Å². The van der Waals surface area contributed by atoms with Crippen molar-refractivity contribution in [2.24, 2.45) is 5.14 Å². The second kappa shape index (κ2) is 5.06. The van der Waals surface area contributed by atoms with Gasteiger partial charge in [0.15, 0.2) is 0 Å². The lowest BCUT2D eigenvalue weighted by Gasteiger charge is -1.99. The van der Waals surface area contributed by atoms with E-state index in [0.29, 0.717) is 10.6 Å². The largest absolute Gasteiger partial charge is 0.229 e. The third-order valence-electron chi connectivity index (χ3n) is 1.41. The van der Waals surface area contributed by atoms with Gasteiger partial charge in [-0.05, 0) is 6.07 Å². The number of hydrogen-bond acceptors (Lipinski definition) is 6. The minimum atomic E-state index is -3.47. The molecule has 1 heterocycles. The van der Waals surface area contributed by atoms with Crippen LogP contribution in [0.1, 0.15) is 5.56 Å². The van der Waals surface area contributed by atoms with E-state index in [1.165, 1.54) is 12.3 Å². The summed E-state index contributed by atoms with van der Waals surface area (Å²) in [5.74, 6) is 0.102. The van der Waals surface area contributed by atoms with Gasteiger partial charge in [0.05, 0.1) is 17.5 Å². The van der Waals surface area contributed by atoms with Gasteiger partial charge in [0.25, 0.3) is 0 Å². The molecule has 0 fully saturated rings. The van der Waals surface area contributed by atoms with Crippen LogP contribution in [0.25, 0.3) is 0 Å². The number of thioether (sulfide) groups is 1. The first-order valence-electron chi connectivity index (χ1n) is 3.88. The first kappa shape index (κ1) is 11.9. The van der Waals surface area contributed by atoms with Crippen molar-refractivity contribution in [1.82, 2.24) is 10.2 Å². The van der Waals surface area contributed by atoms with Gasteiger partial charge in [-0.15, -0.1) is 16.9 Å². The molecule has 2 N–H and O–H groups in total. The number of aromatic nitrogens is 2. The number of nitrogens with two attached hydrogens (primary N) is 1. The maximum Gasteiger partial charge on any atom is 0.209 e. The van der Waals surface area contributed by atoms with Crippen molar-refractivity contribution in [3.8, 4) is 6.07 Å². The van der Waals surface area contributed by atoms with Crippen LogP contribution in [0.2, 0.25) is 0 Å². The third-order valence-corrected chi connectivity index (χ3v) is 3.43. The van der Waals surface area contributed by atoms with E-state index in [1.54, 1.807) is 0 Å². The highest BCUT2D eigenvalue weighted by atomic mass is 32.2. The SMILES string of the molecule is N#Cc1ccnnc1SCCS(N)(=O)=O. The summed E-state index contributed by atoms with van der Waals surface area (Å²) in [6, 6.07) is 3.46. The number of nitrogens with zero attached hydrogens (tertiary/aromatic N) is 3. The number of sulfonamides is 1. The average Bonchev–Trinajstić information content (AvgIpc) is 2.16. The molecular formula is C7H8N4O2S2. The van der Waals surface area contributed by atoms with Crippen molar-refractivity contribution < 1.29 is 8.42 Å². The fourth-order valence-corrected chi connectivity index (χ4v) is 2.59. The lowest BCUT2D eigenvalue weighted by atomic mass is 10.3. The Labute approximate surface area is 91.6 Å².